The summed E-state index contributed by atoms with van der Waals surface area (Å²) >= 11 is 0. The second kappa shape index (κ2) is 4.45. The Morgan fingerprint density at radius 3 is 2.47 bits per heavy atom. The van der Waals surface area contributed by atoms with Crippen molar-refractivity contribution in [2.24, 2.45) is 0 Å². The average Bonchev–Trinajstić information content (AvgIpc) is 2.69. The van der Waals surface area contributed by atoms with Crippen molar-refractivity contribution >= 4 is 5.91 Å². The molecule has 1 aliphatic heterocycles. The average molecular weight is 205 g/mol. The van der Waals surface area contributed by atoms with Crippen molar-refractivity contribution in [2.75, 3.05) is 13.2 Å². The molecule has 1 heterocycles. The monoisotopic (exact) mass is 205 g/mol. The molecular weight excluding hydrogens is 190 g/mol. The van der Waals surface area contributed by atoms with E-state index in [-0.39, 0.29) is 12.5 Å². The maximum absolute atomic E-state index is 11.7. The van der Waals surface area contributed by atoms with Crippen molar-refractivity contribution in [3.8, 4) is 0 Å². The molecule has 0 unspecified atom stereocenters. The Hall–Kier alpha value is -1.35. The molecule has 1 amide bonds. The number of carbonyl (C=O) groups is 1. The van der Waals surface area contributed by atoms with Gasteiger partial charge in [0.1, 0.15) is 6.61 Å². The summed E-state index contributed by atoms with van der Waals surface area (Å²) in [6.45, 7) is 4.13. The lowest BCUT2D eigenvalue weighted by Crippen LogP contribution is -2.29. The summed E-state index contributed by atoms with van der Waals surface area (Å²) in [5.74, 6) is 0.0769. The Labute approximate surface area is 89.7 Å². The molecule has 0 aliphatic carbocycles. The molecule has 80 valence electrons. The number of rotatable bonds is 3. The molecule has 3 heteroatoms. The van der Waals surface area contributed by atoms with E-state index in [1.807, 2.05) is 24.0 Å². The lowest BCUT2D eigenvalue weighted by atomic mass is 10.1. The summed E-state index contributed by atoms with van der Waals surface area (Å²) in [5, 5.41) is 0. The summed E-state index contributed by atoms with van der Waals surface area (Å²) in [5.41, 5.74) is 2.50. The Bertz CT molecular complexity index is 337. The first-order valence-corrected chi connectivity index (χ1v) is 5.23. The Kier molecular flexibility index (Phi) is 3.02. The van der Waals surface area contributed by atoms with E-state index in [1.165, 1.54) is 11.1 Å². The normalized spacial score (nSPS) is 14.1. The minimum atomic E-state index is 0.0769. The molecule has 3 nitrogen and oxygen atoms in total. The molecule has 0 radical (unpaired) electrons. The van der Waals surface area contributed by atoms with Crippen LogP contribution in [0.1, 0.15) is 18.1 Å². The van der Waals surface area contributed by atoms with E-state index in [0.29, 0.717) is 6.61 Å². The number of fused-ring (bicyclic) bond motifs is 1. The van der Waals surface area contributed by atoms with Crippen molar-refractivity contribution in [2.45, 2.75) is 20.0 Å². The quantitative estimate of drug-likeness (QED) is 0.749. The first-order valence-electron chi connectivity index (χ1n) is 5.23. The predicted octanol–water partition coefficient (Wildman–Crippen LogP) is 1.57. The van der Waals surface area contributed by atoms with Crippen molar-refractivity contribution in [1.29, 1.82) is 0 Å². The van der Waals surface area contributed by atoms with Gasteiger partial charge in [-0.05, 0) is 18.1 Å². The lowest BCUT2D eigenvalue weighted by molar-refractivity contribution is -0.136. The van der Waals surface area contributed by atoms with Gasteiger partial charge in [0.25, 0.3) is 0 Å². The van der Waals surface area contributed by atoms with E-state index < -0.39 is 0 Å². The Morgan fingerprint density at radius 1 is 1.33 bits per heavy atom. The zero-order valence-electron chi connectivity index (χ0n) is 8.90. The highest BCUT2D eigenvalue weighted by atomic mass is 16.5. The van der Waals surface area contributed by atoms with Crippen LogP contribution in [-0.4, -0.2) is 24.0 Å². The molecule has 1 aromatic rings. The van der Waals surface area contributed by atoms with E-state index in [1.54, 1.807) is 0 Å². The van der Waals surface area contributed by atoms with Crippen LogP contribution in [0.25, 0.3) is 0 Å². The number of ether oxygens (including phenoxy) is 1. The number of carbonyl (C=O) groups excluding carboxylic acids is 1. The number of hydrogen-bond donors (Lipinski definition) is 0. The van der Waals surface area contributed by atoms with Gasteiger partial charge in [-0.25, -0.2) is 0 Å². The number of benzene rings is 1. The molecule has 0 saturated carbocycles. The minimum Gasteiger partial charge on any atom is -0.372 e. The Morgan fingerprint density at radius 2 is 1.93 bits per heavy atom. The van der Waals surface area contributed by atoms with Crippen LogP contribution in [0, 0.1) is 0 Å². The van der Waals surface area contributed by atoms with Gasteiger partial charge in [-0.1, -0.05) is 24.3 Å². The van der Waals surface area contributed by atoms with Crippen LogP contribution >= 0.6 is 0 Å². The third-order valence-corrected chi connectivity index (χ3v) is 2.62. The van der Waals surface area contributed by atoms with Crippen LogP contribution in [0.4, 0.5) is 0 Å². The van der Waals surface area contributed by atoms with E-state index in [4.69, 9.17) is 4.74 Å². The summed E-state index contributed by atoms with van der Waals surface area (Å²) in [4.78, 5) is 13.5. The maximum atomic E-state index is 11.7. The van der Waals surface area contributed by atoms with Gasteiger partial charge in [-0.15, -0.1) is 0 Å². The van der Waals surface area contributed by atoms with Crippen LogP contribution in [0.3, 0.4) is 0 Å². The first-order chi connectivity index (χ1) is 7.31. The summed E-state index contributed by atoms with van der Waals surface area (Å²) < 4.78 is 5.12. The van der Waals surface area contributed by atoms with Gasteiger partial charge in [0, 0.05) is 19.7 Å². The van der Waals surface area contributed by atoms with Gasteiger partial charge in [0.15, 0.2) is 0 Å². The molecule has 0 spiro atoms. The maximum Gasteiger partial charge on any atom is 0.249 e. The fourth-order valence-corrected chi connectivity index (χ4v) is 1.79. The largest absolute Gasteiger partial charge is 0.372 e. The van der Waals surface area contributed by atoms with Crippen molar-refractivity contribution in [1.82, 2.24) is 4.90 Å². The SMILES string of the molecule is CCOCC(=O)N1Cc2ccccc2C1. The van der Waals surface area contributed by atoms with E-state index in [9.17, 15) is 4.79 Å². The van der Waals surface area contributed by atoms with Crippen molar-refractivity contribution in [3.05, 3.63) is 35.4 Å². The zero-order valence-corrected chi connectivity index (χ0v) is 8.90. The van der Waals surface area contributed by atoms with Gasteiger partial charge in [0.2, 0.25) is 5.91 Å². The molecule has 0 fully saturated rings. The predicted molar refractivity (Wildman–Crippen MR) is 57.2 cm³/mol. The van der Waals surface area contributed by atoms with Gasteiger partial charge >= 0.3 is 0 Å². The van der Waals surface area contributed by atoms with Crippen LogP contribution in [0.15, 0.2) is 24.3 Å². The highest BCUT2D eigenvalue weighted by Gasteiger charge is 2.22. The molecule has 0 saturated heterocycles. The number of hydrogen-bond acceptors (Lipinski definition) is 2. The number of nitrogens with zero attached hydrogens (tertiary/aromatic N) is 1. The molecule has 0 bridgehead atoms. The molecule has 0 N–H and O–H groups in total. The molecule has 1 aliphatic rings. The Balaban J connectivity index is 1.98. The standard InChI is InChI=1S/C12H15NO2/c1-2-15-9-12(14)13-7-10-5-3-4-6-11(10)8-13/h3-6H,2,7-9H2,1H3. The van der Waals surface area contributed by atoms with E-state index in [2.05, 4.69) is 12.1 Å². The summed E-state index contributed by atoms with van der Waals surface area (Å²) in [7, 11) is 0. The van der Waals surface area contributed by atoms with E-state index >= 15 is 0 Å². The first kappa shape index (κ1) is 10.2. The fourth-order valence-electron chi connectivity index (χ4n) is 1.79. The molecular formula is C12H15NO2. The molecule has 0 atom stereocenters. The molecule has 2 rings (SSSR count). The second-order valence-electron chi connectivity index (χ2n) is 3.66. The summed E-state index contributed by atoms with van der Waals surface area (Å²) in [6.07, 6.45) is 0. The third kappa shape index (κ3) is 2.18. The van der Waals surface area contributed by atoms with Crippen LogP contribution < -0.4 is 0 Å². The zero-order chi connectivity index (χ0) is 10.7. The molecule has 1 aromatic carbocycles. The summed E-state index contributed by atoms with van der Waals surface area (Å²) in [6, 6.07) is 8.16. The minimum absolute atomic E-state index is 0.0769. The third-order valence-electron chi connectivity index (χ3n) is 2.62. The molecule has 0 aromatic heterocycles. The van der Waals surface area contributed by atoms with Gasteiger partial charge < -0.3 is 9.64 Å². The van der Waals surface area contributed by atoms with Gasteiger partial charge in [-0.2, -0.15) is 0 Å². The number of amides is 1. The molecule has 15 heavy (non-hydrogen) atoms. The van der Waals surface area contributed by atoms with E-state index in [0.717, 1.165) is 13.1 Å². The van der Waals surface area contributed by atoms with Gasteiger partial charge in [0.05, 0.1) is 0 Å². The fraction of sp³-hybridized carbons (Fsp3) is 0.417. The van der Waals surface area contributed by atoms with Crippen LogP contribution in [0.2, 0.25) is 0 Å². The topological polar surface area (TPSA) is 29.5 Å². The van der Waals surface area contributed by atoms with Crippen LogP contribution in [0.5, 0.6) is 0 Å². The second-order valence-corrected chi connectivity index (χ2v) is 3.66. The van der Waals surface area contributed by atoms with Crippen molar-refractivity contribution in [3.63, 3.8) is 0 Å². The lowest BCUT2D eigenvalue weighted by Gasteiger charge is -2.14. The highest BCUT2D eigenvalue weighted by molar-refractivity contribution is 5.78. The highest BCUT2D eigenvalue weighted by Crippen LogP contribution is 2.21. The smallest absolute Gasteiger partial charge is 0.249 e. The van der Waals surface area contributed by atoms with Gasteiger partial charge in [-0.3, -0.25) is 4.79 Å². The van der Waals surface area contributed by atoms with Crippen LogP contribution in [-0.2, 0) is 22.6 Å². The van der Waals surface area contributed by atoms with Crippen molar-refractivity contribution < 1.29 is 9.53 Å².